The predicted octanol–water partition coefficient (Wildman–Crippen LogP) is 2.63. The summed E-state index contributed by atoms with van der Waals surface area (Å²) in [5, 5.41) is 12.6. The van der Waals surface area contributed by atoms with E-state index in [0.717, 1.165) is 18.0 Å². The zero-order valence-corrected chi connectivity index (χ0v) is 10.6. The Morgan fingerprint density at radius 2 is 1.94 bits per heavy atom. The average Bonchev–Trinajstić information content (AvgIpc) is 2.88. The van der Waals surface area contributed by atoms with Crippen molar-refractivity contribution in [3.8, 4) is 0 Å². The van der Waals surface area contributed by atoms with Gasteiger partial charge in [-0.2, -0.15) is 0 Å². The number of hydrogen-bond donors (Lipinski definition) is 2. The Bertz CT molecular complexity index is 371. The molecule has 0 heterocycles. The van der Waals surface area contributed by atoms with Gasteiger partial charge in [0.1, 0.15) is 0 Å². The fourth-order valence-electron chi connectivity index (χ4n) is 2.68. The molecule has 1 aromatic rings. The zero-order chi connectivity index (χ0) is 12.8. The third kappa shape index (κ3) is 3.57. The van der Waals surface area contributed by atoms with Crippen molar-refractivity contribution >= 4 is 5.97 Å². The number of carboxylic acids is 1. The van der Waals surface area contributed by atoms with Crippen LogP contribution in [-0.2, 0) is 4.79 Å². The van der Waals surface area contributed by atoms with Gasteiger partial charge in [-0.25, -0.2) is 0 Å². The zero-order valence-electron chi connectivity index (χ0n) is 10.6. The molecule has 0 aliphatic heterocycles. The fraction of sp³-hybridized carbons (Fsp3) is 0.533. The Morgan fingerprint density at radius 3 is 2.56 bits per heavy atom. The molecule has 2 N–H and O–H groups in total. The Hall–Kier alpha value is -1.35. The maximum Gasteiger partial charge on any atom is 0.312 e. The molecule has 3 heteroatoms. The van der Waals surface area contributed by atoms with Gasteiger partial charge in [-0.05, 0) is 30.9 Å². The first kappa shape index (κ1) is 13.1. The van der Waals surface area contributed by atoms with Gasteiger partial charge in [-0.1, -0.05) is 43.2 Å². The van der Waals surface area contributed by atoms with Crippen LogP contribution in [0.15, 0.2) is 30.3 Å². The highest BCUT2D eigenvalue weighted by Gasteiger charge is 2.20. The summed E-state index contributed by atoms with van der Waals surface area (Å²) in [5.41, 5.74) is 0.879. The van der Waals surface area contributed by atoms with Crippen molar-refractivity contribution in [2.75, 3.05) is 13.1 Å². The van der Waals surface area contributed by atoms with Crippen molar-refractivity contribution in [2.24, 2.45) is 5.92 Å². The summed E-state index contributed by atoms with van der Waals surface area (Å²) in [4.78, 5) is 11.3. The molecule has 1 fully saturated rings. The molecule has 1 aliphatic rings. The summed E-state index contributed by atoms with van der Waals surface area (Å²) >= 11 is 0. The maximum absolute atomic E-state index is 11.3. The topological polar surface area (TPSA) is 49.3 Å². The molecule has 1 saturated carbocycles. The molecular formula is C15H21NO2. The van der Waals surface area contributed by atoms with E-state index in [1.54, 1.807) is 0 Å². The van der Waals surface area contributed by atoms with Gasteiger partial charge in [0.25, 0.3) is 0 Å². The van der Waals surface area contributed by atoms with Gasteiger partial charge < -0.3 is 10.4 Å². The van der Waals surface area contributed by atoms with Crippen LogP contribution in [0.1, 0.15) is 37.2 Å². The van der Waals surface area contributed by atoms with Crippen LogP contribution < -0.4 is 5.32 Å². The van der Waals surface area contributed by atoms with Gasteiger partial charge in [0.2, 0.25) is 0 Å². The number of carboxylic acid groups (broad SMARTS) is 1. The van der Waals surface area contributed by atoms with Gasteiger partial charge >= 0.3 is 5.97 Å². The minimum Gasteiger partial charge on any atom is -0.481 e. The van der Waals surface area contributed by atoms with E-state index in [-0.39, 0.29) is 0 Å². The highest BCUT2D eigenvalue weighted by molar-refractivity contribution is 5.76. The predicted molar refractivity (Wildman–Crippen MR) is 71.6 cm³/mol. The largest absolute Gasteiger partial charge is 0.481 e. The van der Waals surface area contributed by atoms with E-state index in [4.69, 9.17) is 0 Å². The molecule has 0 saturated heterocycles. The quantitative estimate of drug-likeness (QED) is 0.812. The van der Waals surface area contributed by atoms with Gasteiger partial charge in [-0.15, -0.1) is 0 Å². The minimum atomic E-state index is -0.750. The third-order valence-corrected chi connectivity index (χ3v) is 3.76. The molecule has 0 spiro atoms. The Kier molecular flexibility index (Phi) is 4.76. The SMILES string of the molecule is O=C(O)C(CNCC1CCCC1)c1ccccc1. The first-order valence-electron chi connectivity index (χ1n) is 6.76. The van der Waals surface area contributed by atoms with Crippen LogP contribution in [0, 0.1) is 5.92 Å². The molecule has 1 aromatic carbocycles. The first-order valence-corrected chi connectivity index (χ1v) is 6.76. The maximum atomic E-state index is 11.3. The number of hydrogen-bond acceptors (Lipinski definition) is 2. The highest BCUT2D eigenvalue weighted by Crippen LogP contribution is 2.24. The second-order valence-electron chi connectivity index (χ2n) is 5.11. The smallest absolute Gasteiger partial charge is 0.312 e. The van der Waals surface area contributed by atoms with Crippen LogP contribution >= 0.6 is 0 Å². The van der Waals surface area contributed by atoms with Gasteiger partial charge in [-0.3, -0.25) is 4.79 Å². The van der Waals surface area contributed by atoms with E-state index in [1.165, 1.54) is 25.7 Å². The first-order chi connectivity index (χ1) is 8.77. The highest BCUT2D eigenvalue weighted by atomic mass is 16.4. The van der Waals surface area contributed by atoms with Crippen molar-refractivity contribution < 1.29 is 9.90 Å². The van der Waals surface area contributed by atoms with E-state index in [2.05, 4.69) is 5.32 Å². The number of rotatable bonds is 6. The van der Waals surface area contributed by atoms with Crippen LogP contribution in [0.25, 0.3) is 0 Å². The Balaban J connectivity index is 1.85. The second kappa shape index (κ2) is 6.55. The monoisotopic (exact) mass is 247 g/mol. The molecule has 18 heavy (non-hydrogen) atoms. The van der Waals surface area contributed by atoms with Crippen molar-refractivity contribution in [3.63, 3.8) is 0 Å². The summed E-state index contributed by atoms with van der Waals surface area (Å²) in [6, 6.07) is 9.46. The lowest BCUT2D eigenvalue weighted by Gasteiger charge is -2.16. The molecule has 2 rings (SSSR count). The molecule has 0 bridgehead atoms. The second-order valence-corrected chi connectivity index (χ2v) is 5.11. The van der Waals surface area contributed by atoms with Crippen LogP contribution in [0.5, 0.6) is 0 Å². The summed E-state index contributed by atoms with van der Waals surface area (Å²) in [6.45, 7) is 1.48. The molecule has 1 unspecified atom stereocenters. The van der Waals surface area contributed by atoms with E-state index < -0.39 is 11.9 Å². The van der Waals surface area contributed by atoms with Crippen LogP contribution in [0.3, 0.4) is 0 Å². The molecule has 98 valence electrons. The van der Waals surface area contributed by atoms with Crippen molar-refractivity contribution in [3.05, 3.63) is 35.9 Å². The van der Waals surface area contributed by atoms with Crippen molar-refractivity contribution in [1.82, 2.24) is 5.32 Å². The summed E-state index contributed by atoms with van der Waals surface area (Å²) < 4.78 is 0. The molecular weight excluding hydrogens is 226 g/mol. The van der Waals surface area contributed by atoms with Gasteiger partial charge in [0, 0.05) is 6.54 Å². The van der Waals surface area contributed by atoms with Crippen LogP contribution in [0.4, 0.5) is 0 Å². The number of benzene rings is 1. The third-order valence-electron chi connectivity index (χ3n) is 3.76. The lowest BCUT2D eigenvalue weighted by Crippen LogP contribution is -2.30. The molecule has 1 aliphatic carbocycles. The summed E-state index contributed by atoms with van der Waals surface area (Å²) in [7, 11) is 0. The number of aliphatic carboxylic acids is 1. The Morgan fingerprint density at radius 1 is 1.28 bits per heavy atom. The van der Waals surface area contributed by atoms with E-state index in [0.29, 0.717) is 6.54 Å². The van der Waals surface area contributed by atoms with E-state index in [1.807, 2.05) is 30.3 Å². The van der Waals surface area contributed by atoms with E-state index >= 15 is 0 Å². The summed E-state index contributed by atoms with van der Waals surface area (Å²) in [5.74, 6) is -0.442. The van der Waals surface area contributed by atoms with Crippen molar-refractivity contribution in [2.45, 2.75) is 31.6 Å². The molecule has 0 aromatic heterocycles. The van der Waals surface area contributed by atoms with Crippen molar-refractivity contribution in [1.29, 1.82) is 0 Å². The normalized spacial score (nSPS) is 17.8. The lowest BCUT2D eigenvalue weighted by molar-refractivity contribution is -0.138. The summed E-state index contributed by atoms with van der Waals surface area (Å²) in [6.07, 6.45) is 5.23. The van der Waals surface area contributed by atoms with E-state index in [9.17, 15) is 9.90 Å². The van der Waals surface area contributed by atoms with Crippen LogP contribution in [0.2, 0.25) is 0 Å². The molecule has 1 atom stereocenters. The standard InChI is InChI=1S/C15H21NO2/c17-15(18)14(13-8-2-1-3-9-13)11-16-10-12-6-4-5-7-12/h1-3,8-9,12,14,16H,4-7,10-11H2,(H,17,18). The fourth-order valence-corrected chi connectivity index (χ4v) is 2.68. The average molecular weight is 247 g/mol. The molecule has 3 nitrogen and oxygen atoms in total. The van der Waals surface area contributed by atoms with Gasteiger partial charge in [0.15, 0.2) is 0 Å². The molecule has 0 radical (unpaired) electrons. The number of carbonyl (C=O) groups is 1. The minimum absolute atomic E-state index is 0.437. The van der Waals surface area contributed by atoms with Gasteiger partial charge in [0.05, 0.1) is 5.92 Å². The molecule has 0 amide bonds. The number of nitrogens with one attached hydrogen (secondary N) is 1. The lowest BCUT2D eigenvalue weighted by atomic mass is 9.99. The Labute approximate surface area is 108 Å². The van der Waals surface area contributed by atoms with Crippen LogP contribution in [-0.4, -0.2) is 24.2 Å².